The maximum atomic E-state index is 13.4. The molecule has 10 heteroatoms. The number of hydrogen-bond acceptors (Lipinski definition) is 7. The lowest BCUT2D eigenvalue weighted by molar-refractivity contribution is -0.274. The highest BCUT2D eigenvalue weighted by molar-refractivity contribution is 7.13. The Labute approximate surface area is 205 Å². The molecule has 3 aliphatic heterocycles. The molecule has 0 aliphatic carbocycles. The minimum absolute atomic E-state index is 0.0125. The summed E-state index contributed by atoms with van der Waals surface area (Å²) in [5, 5.41) is 13.1. The van der Waals surface area contributed by atoms with Gasteiger partial charge in [-0.2, -0.15) is 0 Å². The van der Waals surface area contributed by atoms with E-state index in [1.807, 2.05) is 0 Å². The third-order valence-corrected chi connectivity index (χ3v) is 8.78. The van der Waals surface area contributed by atoms with Crippen molar-refractivity contribution in [3.05, 3.63) is 29.1 Å². The lowest BCUT2D eigenvalue weighted by Gasteiger charge is -2.59. The van der Waals surface area contributed by atoms with E-state index in [2.05, 4.69) is 19.6 Å². The Bertz CT molecular complexity index is 1230. The van der Waals surface area contributed by atoms with Crippen LogP contribution in [-0.2, 0) is 12.0 Å². The molecular formula is C25H28F3N3O3S. The van der Waals surface area contributed by atoms with Gasteiger partial charge in [0.1, 0.15) is 5.01 Å². The van der Waals surface area contributed by atoms with Crippen molar-refractivity contribution >= 4 is 22.4 Å². The molecule has 4 unspecified atom stereocenters. The molecule has 3 aromatic rings. The van der Waals surface area contributed by atoms with E-state index in [0.29, 0.717) is 40.8 Å². The minimum atomic E-state index is -4.94. The molecule has 2 bridgehead atoms. The van der Waals surface area contributed by atoms with E-state index < -0.39 is 17.7 Å². The molecule has 6 nitrogen and oxygen atoms in total. The fourth-order valence-electron chi connectivity index (χ4n) is 6.32. The van der Waals surface area contributed by atoms with Gasteiger partial charge in [-0.1, -0.05) is 0 Å². The third-order valence-electron chi connectivity index (χ3n) is 7.97. The Morgan fingerprint density at radius 3 is 2.77 bits per heavy atom. The number of aryl methyl sites for hydroxylation is 1. The van der Waals surface area contributed by atoms with Crippen molar-refractivity contribution in [2.75, 3.05) is 6.54 Å². The second-order valence-corrected chi connectivity index (χ2v) is 11.5. The van der Waals surface area contributed by atoms with E-state index in [1.54, 1.807) is 11.6 Å². The SMILES string of the molecule is CC(C)(O)c1cc(-c2nccs2)c2oc(CCC3CC4CC5CCC3CN54)nc2c1OC(F)(F)F. The van der Waals surface area contributed by atoms with E-state index >= 15 is 0 Å². The zero-order chi connectivity index (χ0) is 24.5. The van der Waals surface area contributed by atoms with Gasteiger partial charge in [-0.15, -0.1) is 24.5 Å². The summed E-state index contributed by atoms with van der Waals surface area (Å²) in [6.45, 7) is 4.01. The highest BCUT2D eigenvalue weighted by atomic mass is 32.1. The molecule has 0 spiro atoms. The molecular weight excluding hydrogens is 479 g/mol. The number of halogens is 3. The van der Waals surface area contributed by atoms with Gasteiger partial charge in [0.25, 0.3) is 0 Å². The van der Waals surface area contributed by atoms with Crippen LogP contribution >= 0.6 is 11.3 Å². The van der Waals surface area contributed by atoms with E-state index in [-0.39, 0.29) is 16.7 Å². The predicted molar refractivity (Wildman–Crippen MR) is 125 cm³/mol. The molecule has 4 atom stereocenters. The Hall–Kier alpha value is -2.17. The largest absolute Gasteiger partial charge is 0.573 e. The number of piperidine rings is 2. The Morgan fingerprint density at radius 1 is 1.23 bits per heavy atom. The lowest BCUT2D eigenvalue weighted by Crippen LogP contribution is -2.64. The molecule has 1 N–H and O–H groups in total. The maximum absolute atomic E-state index is 13.4. The average Bonchev–Trinajstić information content (AvgIpc) is 3.41. The van der Waals surface area contributed by atoms with Crippen LogP contribution in [0.1, 0.15) is 57.4 Å². The summed E-state index contributed by atoms with van der Waals surface area (Å²) in [5.74, 6) is 1.12. The highest BCUT2D eigenvalue weighted by Gasteiger charge is 2.48. The van der Waals surface area contributed by atoms with Gasteiger partial charge in [-0.05, 0) is 63.9 Å². The second kappa shape index (κ2) is 8.18. The number of hydrogen-bond donors (Lipinski definition) is 1. The van der Waals surface area contributed by atoms with Crippen LogP contribution < -0.4 is 4.74 Å². The van der Waals surface area contributed by atoms with E-state index in [9.17, 15) is 18.3 Å². The summed E-state index contributed by atoms with van der Waals surface area (Å²) in [6.07, 6.45) is 3.12. The first-order valence-corrected chi connectivity index (χ1v) is 13.1. The predicted octanol–water partition coefficient (Wildman–Crippen LogP) is 5.88. The zero-order valence-corrected chi connectivity index (χ0v) is 20.5. The number of ether oxygens (including phenoxy) is 1. The number of fused-ring (bicyclic) bond motifs is 2. The Balaban J connectivity index is 1.37. The van der Waals surface area contributed by atoms with Crippen molar-refractivity contribution in [1.29, 1.82) is 0 Å². The van der Waals surface area contributed by atoms with Crippen molar-refractivity contribution in [2.45, 2.75) is 76.4 Å². The highest BCUT2D eigenvalue weighted by Crippen LogP contribution is 2.48. The minimum Gasteiger partial charge on any atom is -0.440 e. The molecule has 6 rings (SSSR count). The number of oxazole rings is 1. The van der Waals surface area contributed by atoms with Crippen molar-refractivity contribution in [3.8, 4) is 16.3 Å². The molecule has 188 valence electrons. The summed E-state index contributed by atoms with van der Waals surface area (Å²) < 4.78 is 50.7. The first-order valence-electron chi connectivity index (χ1n) is 12.2. The topological polar surface area (TPSA) is 71.6 Å². The van der Waals surface area contributed by atoms with Gasteiger partial charge in [-0.25, -0.2) is 9.97 Å². The van der Waals surface area contributed by atoms with Gasteiger partial charge < -0.3 is 14.3 Å². The van der Waals surface area contributed by atoms with E-state index in [4.69, 9.17) is 4.42 Å². The fraction of sp³-hybridized carbons (Fsp3) is 0.600. The van der Waals surface area contributed by atoms with Gasteiger partial charge >= 0.3 is 6.36 Å². The third kappa shape index (κ3) is 4.23. The maximum Gasteiger partial charge on any atom is 0.573 e. The number of aliphatic hydroxyl groups is 1. The number of rotatable bonds is 6. The van der Waals surface area contributed by atoms with Crippen molar-refractivity contribution in [2.24, 2.45) is 11.8 Å². The first-order chi connectivity index (χ1) is 16.6. The molecule has 5 heterocycles. The van der Waals surface area contributed by atoms with Gasteiger partial charge in [0.2, 0.25) is 0 Å². The van der Waals surface area contributed by atoms with Crippen LogP contribution in [0.2, 0.25) is 0 Å². The molecule has 3 fully saturated rings. The van der Waals surface area contributed by atoms with Crippen LogP contribution in [0.3, 0.4) is 0 Å². The molecule has 0 radical (unpaired) electrons. The monoisotopic (exact) mass is 507 g/mol. The number of benzene rings is 1. The summed E-state index contributed by atoms with van der Waals surface area (Å²) in [5.41, 5.74) is -0.939. The molecule has 35 heavy (non-hydrogen) atoms. The molecule has 0 amide bonds. The summed E-state index contributed by atoms with van der Waals surface area (Å²) in [7, 11) is 0. The molecule has 3 saturated heterocycles. The number of nitrogens with zero attached hydrogens (tertiary/aromatic N) is 3. The normalized spacial score (nSPS) is 26.7. The fourth-order valence-corrected chi connectivity index (χ4v) is 6.97. The van der Waals surface area contributed by atoms with Crippen LogP contribution in [0, 0.1) is 11.8 Å². The number of thiazole rings is 1. The first kappa shape index (κ1) is 23.2. The van der Waals surface area contributed by atoms with Gasteiger partial charge in [0.05, 0.1) is 11.2 Å². The molecule has 2 aromatic heterocycles. The summed E-state index contributed by atoms with van der Waals surface area (Å²) in [6, 6.07) is 2.94. The Kier molecular flexibility index (Phi) is 5.43. The van der Waals surface area contributed by atoms with E-state index in [1.165, 1.54) is 63.5 Å². The average molecular weight is 508 g/mol. The van der Waals surface area contributed by atoms with Gasteiger partial charge in [0.15, 0.2) is 22.7 Å². The van der Waals surface area contributed by atoms with Crippen LogP contribution in [0.4, 0.5) is 13.2 Å². The standard InChI is InChI=1S/C25H28F3N3O3S/c1-24(2,32)18-11-17(23-29-7-8-35-23)21-20(22(18)34-25(26,27)28)30-19(33-21)6-4-13-9-16-10-15-5-3-14(13)12-31(15)16/h7-8,11,13-16,32H,3-6,9-10,12H2,1-2H3. The van der Waals surface area contributed by atoms with Crippen LogP contribution in [0.15, 0.2) is 22.1 Å². The van der Waals surface area contributed by atoms with Crippen molar-refractivity contribution in [3.63, 3.8) is 0 Å². The smallest absolute Gasteiger partial charge is 0.440 e. The second-order valence-electron chi connectivity index (χ2n) is 10.6. The van der Waals surface area contributed by atoms with Crippen LogP contribution in [0.5, 0.6) is 5.75 Å². The van der Waals surface area contributed by atoms with Crippen LogP contribution in [0.25, 0.3) is 21.7 Å². The quantitative estimate of drug-likeness (QED) is 0.449. The van der Waals surface area contributed by atoms with Crippen LogP contribution in [-0.4, -0.2) is 45.0 Å². The summed E-state index contributed by atoms with van der Waals surface area (Å²) >= 11 is 1.34. The summed E-state index contributed by atoms with van der Waals surface area (Å²) in [4.78, 5) is 11.5. The van der Waals surface area contributed by atoms with Crippen molar-refractivity contribution in [1.82, 2.24) is 14.9 Å². The van der Waals surface area contributed by atoms with E-state index in [0.717, 1.165) is 12.5 Å². The number of aromatic nitrogens is 2. The Morgan fingerprint density at radius 2 is 2.06 bits per heavy atom. The molecule has 3 aliphatic rings. The lowest BCUT2D eigenvalue weighted by atomic mass is 9.66. The van der Waals surface area contributed by atoms with Gasteiger partial charge in [-0.3, -0.25) is 4.90 Å². The zero-order valence-electron chi connectivity index (χ0n) is 19.6. The number of alkyl halides is 3. The molecule has 1 aromatic carbocycles. The van der Waals surface area contributed by atoms with Gasteiger partial charge in [0, 0.05) is 42.2 Å². The van der Waals surface area contributed by atoms with Crippen molar-refractivity contribution < 1.29 is 27.4 Å². The molecule has 0 saturated carbocycles.